The van der Waals surface area contributed by atoms with Crippen LogP contribution >= 0.6 is 11.6 Å². The number of hydrogen-bond donors (Lipinski definition) is 4. The van der Waals surface area contributed by atoms with E-state index in [2.05, 4.69) is 25.2 Å². The minimum Gasteiger partial charge on any atom is -0.494 e. The summed E-state index contributed by atoms with van der Waals surface area (Å²) in [6, 6.07) is 14.8. The third-order valence-corrected chi connectivity index (χ3v) is 9.63. The molecule has 250 valence electrons. The van der Waals surface area contributed by atoms with Crippen molar-refractivity contribution >= 4 is 51.0 Å². The summed E-state index contributed by atoms with van der Waals surface area (Å²) in [5.74, 6) is -0.212. The van der Waals surface area contributed by atoms with Gasteiger partial charge in [-0.2, -0.15) is 5.10 Å². The lowest BCUT2D eigenvalue weighted by Gasteiger charge is -2.11. The topological polar surface area (TPSA) is 172 Å². The van der Waals surface area contributed by atoms with Crippen molar-refractivity contribution in [2.24, 2.45) is 0 Å². The molecule has 5 rings (SSSR count). The van der Waals surface area contributed by atoms with Crippen molar-refractivity contribution in [3.63, 3.8) is 0 Å². The van der Waals surface area contributed by atoms with E-state index in [9.17, 15) is 23.9 Å². The summed E-state index contributed by atoms with van der Waals surface area (Å²) in [5, 5.41) is 22.7. The van der Waals surface area contributed by atoms with Crippen molar-refractivity contribution in [2.45, 2.75) is 51.9 Å². The summed E-state index contributed by atoms with van der Waals surface area (Å²) < 4.78 is 20.9. The predicted molar refractivity (Wildman–Crippen MR) is 185 cm³/mol. The van der Waals surface area contributed by atoms with Gasteiger partial charge in [0, 0.05) is 52.3 Å². The number of carbonyl (C=O) groups excluding carboxylic acids is 2. The standard InChI is InChI=1S/C34H35ClN6O6S/c1-19-17-24(18-20(2)31(19)35)47-16-6-9-27-26-7-5-8-28(30-21(3)38-39-22(30)4)32(26)37-33(27)34(43)36-15-14-29(42)40-48(46)25-12-10-23(11-13-25)41(44)45/h5,7-8,10-13,17-18,37H,6,9,14-16H2,1-4H3,(H,36,43)(H,38,39)(H,40,42). The number of rotatable bonds is 13. The number of aryl methyl sites for hydroxylation is 5. The maximum atomic E-state index is 13.6. The molecule has 0 spiro atoms. The third kappa shape index (κ3) is 7.58. The lowest BCUT2D eigenvalue weighted by atomic mass is 9.98. The van der Waals surface area contributed by atoms with E-state index in [-0.39, 0.29) is 29.5 Å². The summed E-state index contributed by atoms with van der Waals surface area (Å²) in [5.41, 5.74) is 7.32. The molecule has 0 bridgehead atoms. The Morgan fingerprint density at radius 2 is 1.77 bits per heavy atom. The van der Waals surface area contributed by atoms with E-state index in [1.54, 1.807) is 0 Å². The predicted octanol–water partition coefficient (Wildman–Crippen LogP) is 6.32. The van der Waals surface area contributed by atoms with Crippen LogP contribution in [0.1, 0.15) is 51.4 Å². The van der Waals surface area contributed by atoms with Gasteiger partial charge in [0.05, 0.1) is 27.6 Å². The van der Waals surface area contributed by atoms with Crippen LogP contribution in [0.4, 0.5) is 5.69 Å². The number of nitrogens with one attached hydrogen (secondary N) is 4. The van der Waals surface area contributed by atoms with E-state index >= 15 is 0 Å². The highest BCUT2D eigenvalue weighted by atomic mass is 35.5. The van der Waals surface area contributed by atoms with Gasteiger partial charge in [-0.3, -0.25) is 29.5 Å². The first-order valence-corrected chi connectivity index (χ1v) is 16.8. The van der Waals surface area contributed by atoms with Crippen LogP contribution in [-0.4, -0.2) is 49.3 Å². The molecule has 0 fully saturated rings. The average Bonchev–Trinajstić information content (AvgIpc) is 3.60. The zero-order chi connectivity index (χ0) is 34.5. The third-order valence-electron chi connectivity index (χ3n) is 7.92. The minimum atomic E-state index is -1.91. The van der Waals surface area contributed by atoms with Crippen molar-refractivity contribution in [1.82, 2.24) is 25.2 Å². The Balaban J connectivity index is 1.30. The molecular formula is C34H35ClN6O6S. The molecule has 5 aromatic rings. The second kappa shape index (κ2) is 14.8. The fourth-order valence-corrected chi connectivity index (χ4v) is 6.51. The van der Waals surface area contributed by atoms with Gasteiger partial charge in [0.1, 0.15) is 11.4 Å². The van der Waals surface area contributed by atoms with Gasteiger partial charge in [0.2, 0.25) is 5.91 Å². The maximum absolute atomic E-state index is 13.6. The van der Waals surface area contributed by atoms with E-state index in [4.69, 9.17) is 16.3 Å². The summed E-state index contributed by atoms with van der Waals surface area (Å²) in [7, 11) is -1.91. The van der Waals surface area contributed by atoms with Crippen molar-refractivity contribution in [3.8, 4) is 16.9 Å². The van der Waals surface area contributed by atoms with Crippen LogP contribution in [0.3, 0.4) is 0 Å². The van der Waals surface area contributed by atoms with E-state index < -0.39 is 21.8 Å². The fourth-order valence-electron chi connectivity index (χ4n) is 5.59. The fraction of sp³-hybridized carbons (Fsp3) is 0.265. The number of nitrogens with zero attached hydrogens (tertiary/aromatic N) is 2. The molecule has 0 aliphatic carbocycles. The number of aromatic nitrogens is 3. The van der Waals surface area contributed by atoms with Gasteiger partial charge in [-0.05, 0) is 81.5 Å². The van der Waals surface area contributed by atoms with Crippen molar-refractivity contribution < 1.29 is 23.5 Å². The minimum absolute atomic E-state index is 0.0118. The monoisotopic (exact) mass is 690 g/mol. The number of fused-ring (bicyclic) bond motifs is 1. The summed E-state index contributed by atoms with van der Waals surface area (Å²) >= 11 is 6.31. The van der Waals surface area contributed by atoms with Gasteiger partial charge in [-0.1, -0.05) is 29.8 Å². The second-order valence-electron chi connectivity index (χ2n) is 11.4. The molecule has 0 aliphatic rings. The average molecular weight is 691 g/mol. The molecule has 2 aromatic heterocycles. The van der Waals surface area contributed by atoms with Gasteiger partial charge >= 0.3 is 0 Å². The zero-order valence-electron chi connectivity index (χ0n) is 26.9. The number of H-pyrrole nitrogens is 2. The first kappa shape index (κ1) is 34.3. The molecule has 14 heteroatoms. The maximum Gasteiger partial charge on any atom is 0.269 e. The molecule has 4 N–H and O–H groups in total. The first-order valence-electron chi connectivity index (χ1n) is 15.2. The number of nitro benzene ring substituents is 1. The van der Waals surface area contributed by atoms with Crippen LogP contribution in [0.25, 0.3) is 22.0 Å². The summed E-state index contributed by atoms with van der Waals surface area (Å²) in [4.78, 5) is 40.0. The van der Waals surface area contributed by atoms with Crippen molar-refractivity contribution in [3.05, 3.63) is 104 Å². The van der Waals surface area contributed by atoms with E-state index in [1.807, 2.05) is 58.0 Å². The quantitative estimate of drug-likeness (QED) is 0.0635. The van der Waals surface area contributed by atoms with Gasteiger partial charge < -0.3 is 15.0 Å². The number of nitro groups is 1. The van der Waals surface area contributed by atoms with Crippen LogP contribution < -0.4 is 14.8 Å². The lowest BCUT2D eigenvalue weighted by molar-refractivity contribution is -0.384. The normalized spacial score (nSPS) is 11.8. The molecule has 3 aromatic carbocycles. The smallest absolute Gasteiger partial charge is 0.269 e. The Kier molecular flexibility index (Phi) is 10.6. The Morgan fingerprint density at radius 1 is 1.06 bits per heavy atom. The van der Waals surface area contributed by atoms with Crippen LogP contribution in [0.2, 0.25) is 5.02 Å². The number of ether oxygens (including phenoxy) is 1. The first-order chi connectivity index (χ1) is 22.9. The second-order valence-corrected chi connectivity index (χ2v) is 13.0. The highest BCUT2D eigenvalue weighted by Crippen LogP contribution is 2.35. The summed E-state index contributed by atoms with van der Waals surface area (Å²) in [6.45, 7) is 8.14. The Hall–Kier alpha value is -5.01. The van der Waals surface area contributed by atoms with Crippen molar-refractivity contribution in [2.75, 3.05) is 13.2 Å². The number of non-ortho nitro benzene ring substituents is 1. The van der Waals surface area contributed by atoms with Gasteiger partial charge in [0.15, 0.2) is 11.0 Å². The molecular weight excluding hydrogens is 656 g/mol. The molecule has 1 unspecified atom stereocenters. The number of aromatic amines is 2. The van der Waals surface area contributed by atoms with Crippen LogP contribution in [0, 0.1) is 37.8 Å². The number of hydrogen-bond acceptors (Lipinski definition) is 7. The van der Waals surface area contributed by atoms with Crippen molar-refractivity contribution in [1.29, 1.82) is 0 Å². The zero-order valence-corrected chi connectivity index (χ0v) is 28.4. The number of carbonyl (C=O) groups is 2. The van der Waals surface area contributed by atoms with E-state index in [0.29, 0.717) is 30.2 Å². The number of para-hydroxylation sites is 1. The van der Waals surface area contributed by atoms with E-state index in [1.165, 1.54) is 24.3 Å². The molecule has 0 aliphatic heterocycles. The van der Waals surface area contributed by atoms with Crippen LogP contribution in [-0.2, 0) is 22.2 Å². The summed E-state index contributed by atoms with van der Waals surface area (Å²) in [6.07, 6.45) is 1.03. The Morgan fingerprint density at radius 3 is 2.42 bits per heavy atom. The SMILES string of the molecule is Cc1cc(OCCCc2c(C(=O)NCCC(=O)NS(=O)c3ccc([N+](=O)[O-])cc3)[nH]c3c(-c4c(C)n[nH]c4C)cccc23)cc(C)c1Cl. The largest absolute Gasteiger partial charge is 0.494 e. The Bertz CT molecular complexity index is 2000. The van der Waals surface area contributed by atoms with Crippen LogP contribution in [0.15, 0.2) is 59.5 Å². The number of halogens is 1. The molecule has 0 saturated carbocycles. The van der Waals surface area contributed by atoms with Gasteiger partial charge in [-0.15, -0.1) is 0 Å². The molecule has 0 saturated heterocycles. The van der Waals surface area contributed by atoms with Gasteiger partial charge in [0.25, 0.3) is 11.6 Å². The lowest BCUT2D eigenvalue weighted by Crippen LogP contribution is -2.32. The van der Waals surface area contributed by atoms with E-state index in [0.717, 1.165) is 55.9 Å². The molecule has 12 nitrogen and oxygen atoms in total. The molecule has 1 atom stereocenters. The van der Waals surface area contributed by atoms with Crippen LogP contribution in [0.5, 0.6) is 5.75 Å². The molecule has 2 amide bonds. The molecule has 48 heavy (non-hydrogen) atoms. The highest BCUT2D eigenvalue weighted by molar-refractivity contribution is 7.83. The Labute approximate surface area is 284 Å². The molecule has 2 heterocycles. The number of benzene rings is 3. The van der Waals surface area contributed by atoms with Gasteiger partial charge in [-0.25, -0.2) is 4.21 Å². The molecule has 0 radical (unpaired) electrons. The number of amides is 2. The highest BCUT2D eigenvalue weighted by Gasteiger charge is 2.22.